The molecule has 2 aromatic carbocycles. The van der Waals surface area contributed by atoms with Gasteiger partial charge in [0.15, 0.2) is 0 Å². The molecule has 0 atom stereocenters. The first kappa shape index (κ1) is 13.4. The first-order valence-corrected chi connectivity index (χ1v) is 6.24. The second kappa shape index (κ2) is 6.25. The van der Waals surface area contributed by atoms with E-state index in [2.05, 4.69) is 10.1 Å². The topological polar surface area (TPSA) is 38.3 Å². The van der Waals surface area contributed by atoms with Gasteiger partial charge < -0.3 is 10.1 Å². The highest BCUT2D eigenvalue weighted by molar-refractivity contribution is 6.31. The van der Waals surface area contributed by atoms with Crippen molar-refractivity contribution in [1.29, 1.82) is 0 Å². The molecular formula is C15H14ClNO2. The molecule has 19 heavy (non-hydrogen) atoms. The average Bonchev–Trinajstić information content (AvgIpc) is 2.46. The Bertz CT molecular complexity index is 584. The lowest BCUT2D eigenvalue weighted by Crippen LogP contribution is -2.04. The Morgan fingerprint density at radius 1 is 1.21 bits per heavy atom. The average molecular weight is 276 g/mol. The molecule has 0 spiro atoms. The number of methoxy groups -OCH3 is 1. The van der Waals surface area contributed by atoms with Crippen LogP contribution in [0.15, 0.2) is 48.5 Å². The van der Waals surface area contributed by atoms with E-state index in [0.717, 1.165) is 16.3 Å². The largest absolute Gasteiger partial charge is 0.465 e. The van der Waals surface area contributed by atoms with Crippen molar-refractivity contribution < 1.29 is 9.53 Å². The van der Waals surface area contributed by atoms with Crippen molar-refractivity contribution in [2.24, 2.45) is 0 Å². The summed E-state index contributed by atoms with van der Waals surface area (Å²) >= 11 is 6.08. The van der Waals surface area contributed by atoms with E-state index in [1.165, 1.54) is 7.11 Å². The van der Waals surface area contributed by atoms with E-state index in [1.54, 1.807) is 18.2 Å². The fourth-order valence-corrected chi connectivity index (χ4v) is 1.92. The lowest BCUT2D eigenvalue weighted by molar-refractivity contribution is 0.0601. The Balaban J connectivity index is 2.08. The zero-order valence-electron chi connectivity index (χ0n) is 10.5. The standard InChI is InChI=1S/C15H14ClNO2/c1-19-15(18)11-6-4-7-13(9-11)17-10-12-5-2-3-8-14(12)16/h2-9,17H,10H2,1H3. The first-order valence-electron chi connectivity index (χ1n) is 5.86. The van der Waals surface area contributed by atoms with Gasteiger partial charge in [-0.3, -0.25) is 0 Å². The van der Waals surface area contributed by atoms with Crippen LogP contribution in [0.25, 0.3) is 0 Å². The van der Waals surface area contributed by atoms with E-state index in [-0.39, 0.29) is 5.97 Å². The van der Waals surface area contributed by atoms with Crippen LogP contribution < -0.4 is 5.32 Å². The number of rotatable bonds is 4. The van der Waals surface area contributed by atoms with E-state index in [9.17, 15) is 4.79 Å². The molecule has 0 saturated heterocycles. The minimum absolute atomic E-state index is 0.346. The molecule has 0 saturated carbocycles. The summed E-state index contributed by atoms with van der Waals surface area (Å²) in [6, 6.07) is 14.8. The van der Waals surface area contributed by atoms with Gasteiger partial charge in [-0.15, -0.1) is 0 Å². The molecular weight excluding hydrogens is 262 g/mol. The van der Waals surface area contributed by atoms with Gasteiger partial charge in [0.1, 0.15) is 0 Å². The molecule has 0 aliphatic heterocycles. The van der Waals surface area contributed by atoms with Crippen LogP contribution in [0, 0.1) is 0 Å². The molecule has 0 unspecified atom stereocenters. The Morgan fingerprint density at radius 3 is 2.74 bits per heavy atom. The smallest absolute Gasteiger partial charge is 0.337 e. The Labute approximate surface area is 117 Å². The summed E-state index contributed by atoms with van der Waals surface area (Å²) in [6.07, 6.45) is 0. The highest BCUT2D eigenvalue weighted by atomic mass is 35.5. The Morgan fingerprint density at radius 2 is 2.00 bits per heavy atom. The maximum Gasteiger partial charge on any atom is 0.337 e. The maximum absolute atomic E-state index is 11.4. The zero-order chi connectivity index (χ0) is 13.7. The van der Waals surface area contributed by atoms with Crippen molar-refractivity contribution in [3.05, 3.63) is 64.7 Å². The zero-order valence-corrected chi connectivity index (χ0v) is 11.3. The number of nitrogens with one attached hydrogen (secondary N) is 1. The first-order chi connectivity index (χ1) is 9.20. The van der Waals surface area contributed by atoms with E-state index < -0.39 is 0 Å². The number of halogens is 1. The number of hydrogen-bond acceptors (Lipinski definition) is 3. The van der Waals surface area contributed by atoms with Gasteiger partial charge in [0, 0.05) is 17.3 Å². The van der Waals surface area contributed by atoms with Crippen LogP contribution in [0.1, 0.15) is 15.9 Å². The van der Waals surface area contributed by atoms with Crippen molar-refractivity contribution in [3.63, 3.8) is 0 Å². The van der Waals surface area contributed by atoms with Crippen molar-refractivity contribution in [2.75, 3.05) is 12.4 Å². The Kier molecular flexibility index (Phi) is 4.42. The van der Waals surface area contributed by atoms with Crippen LogP contribution in [-0.2, 0) is 11.3 Å². The number of anilines is 1. The van der Waals surface area contributed by atoms with Gasteiger partial charge in [0.2, 0.25) is 0 Å². The minimum atomic E-state index is -0.346. The fraction of sp³-hybridized carbons (Fsp3) is 0.133. The molecule has 2 aromatic rings. The van der Waals surface area contributed by atoms with Crippen LogP contribution in [-0.4, -0.2) is 13.1 Å². The van der Waals surface area contributed by atoms with Gasteiger partial charge in [-0.1, -0.05) is 35.9 Å². The Hall–Kier alpha value is -2.00. The molecule has 1 N–H and O–H groups in total. The van der Waals surface area contributed by atoms with Crippen LogP contribution in [0.4, 0.5) is 5.69 Å². The van der Waals surface area contributed by atoms with E-state index in [0.29, 0.717) is 12.1 Å². The molecule has 0 amide bonds. The third-order valence-corrected chi connectivity index (χ3v) is 3.09. The highest BCUT2D eigenvalue weighted by Gasteiger charge is 2.05. The number of esters is 1. The summed E-state index contributed by atoms with van der Waals surface area (Å²) in [7, 11) is 1.37. The third kappa shape index (κ3) is 3.48. The molecule has 0 aliphatic carbocycles. The van der Waals surface area contributed by atoms with Crippen molar-refractivity contribution >= 4 is 23.3 Å². The van der Waals surface area contributed by atoms with Crippen LogP contribution in [0.2, 0.25) is 5.02 Å². The van der Waals surface area contributed by atoms with E-state index in [1.807, 2.05) is 30.3 Å². The molecule has 0 heterocycles. The molecule has 0 bridgehead atoms. The summed E-state index contributed by atoms with van der Waals surface area (Å²) < 4.78 is 4.69. The second-order valence-electron chi connectivity index (χ2n) is 4.02. The van der Waals surface area contributed by atoms with Gasteiger partial charge in [-0.2, -0.15) is 0 Å². The summed E-state index contributed by atoms with van der Waals surface area (Å²) in [5, 5.41) is 3.95. The van der Waals surface area contributed by atoms with Crippen LogP contribution >= 0.6 is 11.6 Å². The van der Waals surface area contributed by atoms with Gasteiger partial charge in [0.25, 0.3) is 0 Å². The summed E-state index contributed by atoms with van der Waals surface area (Å²) in [5.74, 6) is -0.346. The number of ether oxygens (including phenoxy) is 1. The summed E-state index contributed by atoms with van der Waals surface area (Å²) in [4.78, 5) is 11.4. The van der Waals surface area contributed by atoms with Crippen LogP contribution in [0.3, 0.4) is 0 Å². The molecule has 98 valence electrons. The molecule has 4 heteroatoms. The SMILES string of the molecule is COC(=O)c1cccc(NCc2ccccc2Cl)c1. The predicted octanol–water partition coefficient (Wildman–Crippen LogP) is 3.74. The maximum atomic E-state index is 11.4. The number of carbonyl (C=O) groups excluding carboxylic acids is 1. The predicted molar refractivity (Wildman–Crippen MR) is 76.6 cm³/mol. The molecule has 0 fully saturated rings. The highest BCUT2D eigenvalue weighted by Crippen LogP contribution is 2.17. The summed E-state index contributed by atoms with van der Waals surface area (Å²) in [5.41, 5.74) is 2.38. The lowest BCUT2D eigenvalue weighted by Gasteiger charge is -2.09. The lowest BCUT2D eigenvalue weighted by atomic mass is 10.2. The quantitative estimate of drug-likeness (QED) is 0.864. The molecule has 2 rings (SSSR count). The molecule has 0 aromatic heterocycles. The molecule has 0 aliphatic rings. The molecule has 3 nitrogen and oxygen atoms in total. The fourth-order valence-electron chi connectivity index (χ4n) is 1.71. The number of hydrogen-bond donors (Lipinski definition) is 1. The van der Waals surface area contributed by atoms with Gasteiger partial charge in [0.05, 0.1) is 12.7 Å². The molecule has 0 radical (unpaired) electrons. The summed E-state index contributed by atoms with van der Waals surface area (Å²) in [6.45, 7) is 0.601. The monoisotopic (exact) mass is 275 g/mol. The van der Waals surface area contributed by atoms with Crippen molar-refractivity contribution in [2.45, 2.75) is 6.54 Å². The van der Waals surface area contributed by atoms with Gasteiger partial charge in [-0.25, -0.2) is 4.79 Å². The minimum Gasteiger partial charge on any atom is -0.465 e. The van der Waals surface area contributed by atoms with Gasteiger partial charge >= 0.3 is 5.97 Å². The van der Waals surface area contributed by atoms with Crippen molar-refractivity contribution in [3.8, 4) is 0 Å². The van der Waals surface area contributed by atoms with E-state index in [4.69, 9.17) is 11.6 Å². The second-order valence-corrected chi connectivity index (χ2v) is 4.42. The number of benzene rings is 2. The number of carbonyl (C=O) groups is 1. The van der Waals surface area contributed by atoms with Gasteiger partial charge in [-0.05, 0) is 29.8 Å². The normalized spacial score (nSPS) is 10.0. The van der Waals surface area contributed by atoms with E-state index >= 15 is 0 Å². The van der Waals surface area contributed by atoms with Crippen molar-refractivity contribution in [1.82, 2.24) is 0 Å². The van der Waals surface area contributed by atoms with Crippen LogP contribution in [0.5, 0.6) is 0 Å². The third-order valence-electron chi connectivity index (χ3n) is 2.72.